The average molecular weight is 789 g/mol. The fourth-order valence-corrected chi connectivity index (χ4v) is 7.43. The molecule has 4 aromatic carbocycles. The summed E-state index contributed by atoms with van der Waals surface area (Å²) in [6.07, 6.45) is 0.869. The number of hydrogen-bond donors (Lipinski definition) is 2. The van der Waals surface area contributed by atoms with Gasteiger partial charge in [-0.1, -0.05) is 156 Å². The number of phenols is 2. The molecular formula is C50H64N2O6. The minimum absolute atomic E-state index is 0.175. The number of rotatable bonds is 8. The first-order chi connectivity index (χ1) is 27.1. The van der Waals surface area contributed by atoms with Gasteiger partial charge in [0, 0.05) is 40.2 Å². The highest BCUT2D eigenvalue weighted by molar-refractivity contribution is 5.86. The molecule has 0 amide bonds. The lowest BCUT2D eigenvalue weighted by Crippen LogP contribution is -2.61. The van der Waals surface area contributed by atoms with Crippen molar-refractivity contribution in [2.24, 2.45) is 9.98 Å². The third kappa shape index (κ3) is 9.91. The lowest BCUT2D eigenvalue weighted by atomic mass is 9.79. The largest absolute Gasteiger partial charge is 0.507 e. The second-order valence-electron chi connectivity index (χ2n) is 20.0. The molecule has 6 rings (SSSR count). The van der Waals surface area contributed by atoms with E-state index in [0.717, 1.165) is 33.4 Å². The molecule has 2 fully saturated rings. The summed E-state index contributed by atoms with van der Waals surface area (Å²) in [5.41, 5.74) is 5.97. The van der Waals surface area contributed by atoms with Gasteiger partial charge in [-0.05, 0) is 50.5 Å². The van der Waals surface area contributed by atoms with Crippen LogP contribution in [0.2, 0.25) is 0 Å². The maximum Gasteiger partial charge on any atom is 0.184 e. The third-order valence-corrected chi connectivity index (χ3v) is 11.1. The van der Waals surface area contributed by atoms with Gasteiger partial charge in [0.2, 0.25) is 0 Å². The first-order valence-corrected chi connectivity index (χ1v) is 20.6. The summed E-state index contributed by atoms with van der Waals surface area (Å²) in [6.45, 7) is 26.2. The quantitative estimate of drug-likeness (QED) is 0.172. The van der Waals surface area contributed by atoms with Crippen LogP contribution >= 0.6 is 0 Å². The van der Waals surface area contributed by atoms with E-state index in [1.165, 1.54) is 0 Å². The Hall–Kier alpha value is -4.34. The maximum absolute atomic E-state index is 11.8. The SMILES string of the molecule is CC(C)(C)c1cc(C=N[C@@H]2[C@@H](N=Cc3cc(C(C)(C)C)cc(C(C)(C)C)c3O)[C@@H](OCc3ccccc3)O[C@@H]3COC(c4ccccc4)O[C@@H]23)c(O)c(C(C)(C)C)c1. The highest BCUT2D eigenvalue weighted by atomic mass is 16.7. The van der Waals surface area contributed by atoms with Crippen molar-refractivity contribution in [3.63, 3.8) is 0 Å². The summed E-state index contributed by atoms with van der Waals surface area (Å²) >= 11 is 0. The minimum atomic E-state index is -0.852. The van der Waals surface area contributed by atoms with Crippen molar-refractivity contribution in [3.8, 4) is 11.5 Å². The van der Waals surface area contributed by atoms with Crippen molar-refractivity contribution in [1.29, 1.82) is 0 Å². The zero-order chi connectivity index (χ0) is 42.2. The van der Waals surface area contributed by atoms with Crippen LogP contribution in [0.25, 0.3) is 0 Å². The first kappa shape index (κ1) is 43.2. The number of nitrogens with zero attached hydrogens (tertiary/aromatic N) is 2. The van der Waals surface area contributed by atoms with Crippen molar-refractivity contribution in [3.05, 3.63) is 129 Å². The molecule has 0 bridgehead atoms. The van der Waals surface area contributed by atoms with Crippen molar-refractivity contribution < 1.29 is 29.2 Å². The van der Waals surface area contributed by atoms with Crippen LogP contribution in [0.1, 0.15) is 134 Å². The van der Waals surface area contributed by atoms with E-state index in [-0.39, 0.29) is 46.4 Å². The molecule has 4 aromatic rings. The van der Waals surface area contributed by atoms with Gasteiger partial charge in [0.15, 0.2) is 12.6 Å². The van der Waals surface area contributed by atoms with Crippen LogP contribution in [0.5, 0.6) is 11.5 Å². The third-order valence-electron chi connectivity index (χ3n) is 11.1. The molecule has 2 heterocycles. The Morgan fingerprint density at radius 3 is 1.59 bits per heavy atom. The number of benzene rings is 4. The van der Waals surface area contributed by atoms with Crippen LogP contribution in [-0.4, -0.2) is 59.8 Å². The summed E-state index contributed by atoms with van der Waals surface area (Å²) in [5, 5.41) is 23.6. The van der Waals surface area contributed by atoms with E-state index >= 15 is 0 Å². The summed E-state index contributed by atoms with van der Waals surface area (Å²) < 4.78 is 26.5. The Balaban J connectivity index is 1.51. The second-order valence-corrected chi connectivity index (χ2v) is 20.0. The van der Waals surface area contributed by atoms with Crippen molar-refractivity contribution in [1.82, 2.24) is 0 Å². The lowest BCUT2D eigenvalue weighted by Gasteiger charge is -2.47. The summed E-state index contributed by atoms with van der Waals surface area (Å²) in [6, 6.07) is 26.7. The Bertz CT molecular complexity index is 2080. The molecule has 0 saturated carbocycles. The van der Waals surface area contributed by atoms with Crippen molar-refractivity contribution in [2.75, 3.05) is 6.61 Å². The molecule has 310 valence electrons. The summed E-state index contributed by atoms with van der Waals surface area (Å²) in [5.74, 6) is 0.379. The zero-order valence-corrected chi connectivity index (χ0v) is 36.5. The normalized spacial score (nSPS) is 23.4. The maximum atomic E-state index is 11.8. The second kappa shape index (κ2) is 16.7. The molecule has 2 saturated heterocycles. The Morgan fingerprint density at radius 1 is 0.621 bits per heavy atom. The molecule has 0 radical (unpaired) electrons. The first-order valence-electron chi connectivity index (χ1n) is 20.6. The van der Waals surface area contributed by atoms with Crippen LogP contribution in [0.4, 0.5) is 0 Å². The molecule has 0 spiro atoms. The van der Waals surface area contributed by atoms with Gasteiger partial charge in [0.05, 0.1) is 13.2 Å². The molecular weight excluding hydrogens is 725 g/mol. The fraction of sp³-hybridized carbons (Fsp3) is 0.480. The molecule has 8 heteroatoms. The molecule has 0 aliphatic carbocycles. The number of aliphatic imine (C=N–C) groups is 2. The topological polar surface area (TPSA) is 102 Å². The smallest absolute Gasteiger partial charge is 0.184 e. The predicted molar refractivity (Wildman–Crippen MR) is 234 cm³/mol. The lowest BCUT2D eigenvalue weighted by molar-refractivity contribution is -0.325. The molecule has 2 N–H and O–H groups in total. The van der Waals surface area contributed by atoms with Gasteiger partial charge < -0.3 is 29.2 Å². The number of ether oxygens (including phenoxy) is 4. The van der Waals surface area contributed by atoms with Gasteiger partial charge in [0.25, 0.3) is 0 Å². The van der Waals surface area contributed by atoms with E-state index in [9.17, 15) is 10.2 Å². The van der Waals surface area contributed by atoms with E-state index < -0.39 is 36.9 Å². The number of fused-ring (bicyclic) bond motifs is 1. The standard InChI is InChI=1S/C50H64N2O6/c1-47(2,3)35-23-33(42(53)37(25-35)49(7,8)9)27-51-40-41(52-28-34-24-36(48(4,5)6)26-38(43(34)54)50(10,11)12)46(55-29-31-19-15-13-16-20-31)57-39-30-56-45(58-44(39)40)32-21-17-14-18-22-32/h13-28,39-41,44-46,53-54H,29-30H2,1-12H3/t39-,40-,41-,44-,45?,46+/m1/s1. The van der Waals surface area contributed by atoms with E-state index in [1.807, 2.05) is 72.8 Å². The van der Waals surface area contributed by atoms with E-state index in [2.05, 4.69) is 95.2 Å². The van der Waals surface area contributed by atoms with Crippen LogP contribution < -0.4 is 0 Å². The minimum Gasteiger partial charge on any atom is -0.507 e. The molecule has 6 atom stereocenters. The highest BCUT2D eigenvalue weighted by Gasteiger charge is 2.50. The molecule has 1 unspecified atom stereocenters. The molecule has 58 heavy (non-hydrogen) atoms. The summed E-state index contributed by atoms with van der Waals surface area (Å²) in [7, 11) is 0. The van der Waals surface area contributed by atoms with Gasteiger partial charge in [-0.15, -0.1) is 0 Å². The van der Waals surface area contributed by atoms with E-state index in [4.69, 9.17) is 28.9 Å². The van der Waals surface area contributed by atoms with E-state index in [1.54, 1.807) is 12.4 Å². The van der Waals surface area contributed by atoms with E-state index in [0.29, 0.717) is 11.1 Å². The molecule has 0 aromatic heterocycles. The molecule has 2 aliphatic heterocycles. The number of aromatic hydroxyl groups is 2. The summed E-state index contributed by atoms with van der Waals surface area (Å²) in [4.78, 5) is 10.5. The predicted octanol–water partition coefficient (Wildman–Crippen LogP) is 10.6. The van der Waals surface area contributed by atoms with Crippen molar-refractivity contribution in [2.45, 2.75) is 148 Å². The number of hydrogen-bond acceptors (Lipinski definition) is 8. The Morgan fingerprint density at radius 2 is 1.10 bits per heavy atom. The number of phenolic OH excluding ortho intramolecular Hbond substituents is 2. The van der Waals surface area contributed by atoms with Gasteiger partial charge in [-0.25, -0.2) is 0 Å². The zero-order valence-electron chi connectivity index (χ0n) is 36.5. The van der Waals surface area contributed by atoms with Crippen LogP contribution in [0.3, 0.4) is 0 Å². The molecule has 2 aliphatic rings. The monoisotopic (exact) mass is 788 g/mol. The van der Waals surface area contributed by atoms with Crippen LogP contribution in [0, 0.1) is 0 Å². The fourth-order valence-electron chi connectivity index (χ4n) is 7.43. The van der Waals surface area contributed by atoms with Gasteiger partial charge in [-0.3, -0.25) is 9.98 Å². The van der Waals surface area contributed by atoms with Crippen LogP contribution in [0.15, 0.2) is 94.9 Å². The van der Waals surface area contributed by atoms with Gasteiger partial charge in [0.1, 0.15) is 35.8 Å². The Kier molecular flexibility index (Phi) is 12.5. The highest BCUT2D eigenvalue weighted by Crippen LogP contribution is 2.41. The van der Waals surface area contributed by atoms with Crippen molar-refractivity contribution >= 4 is 12.4 Å². The van der Waals surface area contributed by atoms with Gasteiger partial charge in [-0.2, -0.15) is 0 Å². The Labute approximate surface area is 346 Å². The van der Waals surface area contributed by atoms with Gasteiger partial charge >= 0.3 is 0 Å². The average Bonchev–Trinajstić information content (AvgIpc) is 3.15. The van der Waals surface area contributed by atoms with Crippen LogP contribution in [-0.2, 0) is 47.2 Å². The molecule has 8 nitrogen and oxygen atoms in total.